The topological polar surface area (TPSA) is 41.1 Å². The molecule has 2 rings (SSSR count). The Hall–Kier alpha value is -2.00. The summed E-state index contributed by atoms with van der Waals surface area (Å²) in [6.07, 6.45) is 1.56. The van der Waals surface area contributed by atoms with Crippen molar-refractivity contribution in [3.05, 3.63) is 70.2 Å². The van der Waals surface area contributed by atoms with Crippen LogP contribution in [-0.2, 0) is 12.8 Å². The fourth-order valence-electron chi connectivity index (χ4n) is 2.28. The molecule has 0 spiro atoms. The van der Waals surface area contributed by atoms with Gasteiger partial charge in [-0.3, -0.25) is 0 Å². The summed E-state index contributed by atoms with van der Waals surface area (Å²) < 4.78 is 0. The Morgan fingerprint density at radius 3 is 2.09 bits per heavy atom. The number of hydrogen-bond acceptors (Lipinski definition) is 1. The van der Waals surface area contributed by atoms with E-state index >= 15 is 0 Å². The first-order valence-corrected chi connectivity index (χ1v) is 7.84. The first-order valence-electron chi connectivity index (χ1n) is 7.46. The van der Waals surface area contributed by atoms with Gasteiger partial charge in [0.05, 0.1) is 0 Å². The van der Waals surface area contributed by atoms with Crippen molar-refractivity contribution in [3.8, 4) is 0 Å². The Balaban J connectivity index is 1.66. The van der Waals surface area contributed by atoms with Crippen molar-refractivity contribution in [3.63, 3.8) is 0 Å². The molecule has 0 bridgehead atoms. The first-order chi connectivity index (χ1) is 10.7. The lowest BCUT2D eigenvalue weighted by atomic mass is 10.1. The number of carbonyl (C=O) groups is 1. The summed E-state index contributed by atoms with van der Waals surface area (Å²) in [6, 6.07) is 15.8. The van der Waals surface area contributed by atoms with Crippen LogP contribution < -0.4 is 10.6 Å². The number of hydrogen-bond donors (Lipinski definition) is 2. The van der Waals surface area contributed by atoms with Gasteiger partial charge >= 0.3 is 6.03 Å². The molecule has 0 aromatic heterocycles. The van der Waals surface area contributed by atoms with E-state index in [-0.39, 0.29) is 6.03 Å². The van der Waals surface area contributed by atoms with Crippen molar-refractivity contribution >= 4 is 17.6 Å². The molecule has 0 radical (unpaired) electrons. The standard InChI is InChI=1S/C18H21ClN2O/c1-14-6-2-3-7-15(14)10-12-20-18(22)21-13-11-16-8-4-5-9-17(16)19/h2-9H,10-13H2,1H3,(H2,20,21,22). The zero-order valence-electron chi connectivity index (χ0n) is 12.7. The van der Waals surface area contributed by atoms with Crippen LogP contribution in [0.4, 0.5) is 4.79 Å². The molecule has 2 aromatic rings. The summed E-state index contributed by atoms with van der Waals surface area (Å²) in [4.78, 5) is 11.7. The second-order valence-corrected chi connectivity index (χ2v) is 5.61. The molecule has 0 unspecified atom stereocenters. The number of benzene rings is 2. The normalized spacial score (nSPS) is 10.3. The minimum atomic E-state index is -0.138. The quantitative estimate of drug-likeness (QED) is 0.837. The molecule has 0 saturated heterocycles. The zero-order valence-corrected chi connectivity index (χ0v) is 13.5. The van der Waals surface area contributed by atoms with E-state index in [1.165, 1.54) is 11.1 Å². The zero-order chi connectivity index (χ0) is 15.8. The molecular formula is C18H21ClN2O. The molecule has 0 atom stereocenters. The van der Waals surface area contributed by atoms with Gasteiger partial charge in [0.15, 0.2) is 0 Å². The minimum absolute atomic E-state index is 0.138. The van der Waals surface area contributed by atoms with Crippen molar-refractivity contribution in [1.82, 2.24) is 10.6 Å². The average molecular weight is 317 g/mol. The van der Waals surface area contributed by atoms with Crippen molar-refractivity contribution < 1.29 is 4.79 Å². The van der Waals surface area contributed by atoms with Gasteiger partial charge in [0.1, 0.15) is 0 Å². The third kappa shape index (κ3) is 5.08. The van der Waals surface area contributed by atoms with Crippen molar-refractivity contribution in [1.29, 1.82) is 0 Å². The number of rotatable bonds is 6. The molecule has 0 saturated carbocycles. The van der Waals surface area contributed by atoms with Crippen molar-refractivity contribution in [2.24, 2.45) is 0 Å². The lowest BCUT2D eigenvalue weighted by molar-refractivity contribution is 0.241. The number of urea groups is 1. The number of halogens is 1. The molecule has 2 N–H and O–H groups in total. The van der Waals surface area contributed by atoms with Gasteiger partial charge < -0.3 is 10.6 Å². The Kier molecular flexibility index (Phi) is 6.28. The number of carbonyl (C=O) groups excluding carboxylic acids is 1. The fourth-order valence-corrected chi connectivity index (χ4v) is 2.51. The van der Waals surface area contributed by atoms with Crippen LogP contribution in [-0.4, -0.2) is 19.1 Å². The molecule has 0 aliphatic heterocycles. The minimum Gasteiger partial charge on any atom is -0.338 e. The maximum absolute atomic E-state index is 11.7. The smallest absolute Gasteiger partial charge is 0.314 e. The molecule has 4 heteroatoms. The highest BCUT2D eigenvalue weighted by molar-refractivity contribution is 6.31. The van der Waals surface area contributed by atoms with Gasteiger partial charge in [-0.25, -0.2) is 4.79 Å². The van der Waals surface area contributed by atoms with E-state index in [9.17, 15) is 4.79 Å². The molecule has 3 nitrogen and oxygen atoms in total. The SMILES string of the molecule is Cc1ccccc1CCNC(=O)NCCc1ccccc1Cl. The van der Waals surface area contributed by atoms with Crippen molar-refractivity contribution in [2.45, 2.75) is 19.8 Å². The molecule has 2 aromatic carbocycles. The van der Waals surface area contributed by atoms with Gasteiger partial charge in [0.25, 0.3) is 0 Å². The third-order valence-electron chi connectivity index (χ3n) is 3.58. The lowest BCUT2D eigenvalue weighted by Crippen LogP contribution is -2.37. The van der Waals surface area contributed by atoms with E-state index in [0.29, 0.717) is 13.1 Å². The van der Waals surface area contributed by atoms with Gasteiger partial charge in [0.2, 0.25) is 0 Å². The number of aryl methyl sites for hydroxylation is 1. The molecule has 0 aliphatic rings. The summed E-state index contributed by atoms with van der Waals surface area (Å²) in [6.45, 7) is 3.28. The molecule has 0 aliphatic carbocycles. The van der Waals surface area contributed by atoms with E-state index in [2.05, 4.69) is 29.7 Å². The second-order valence-electron chi connectivity index (χ2n) is 5.20. The van der Waals surface area contributed by atoms with Gasteiger partial charge in [-0.2, -0.15) is 0 Å². The maximum atomic E-state index is 11.7. The molecule has 0 heterocycles. The van der Waals surface area contributed by atoms with E-state index in [1.807, 2.05) is 36.4 Å². The largest absolute Gasteiger partial charge is 0.338 e. The second kappa shape index (κ2) is 8.44. The molecule has 2 amide bonds. The lowest BCUT2D eigenvalue weighted by Gasteiger charge is -2.09. The molecule has 116 valence electrons. The van der Waals surface area contributed by atoms with Crippen LogP contribution in [0.5, 0.6) is 0 Å². The van der Waals surface area contributed by atoms with Gasteiger partial charge in [-0.1, -0.05) is 54.1 Å². The van der Waals surface area contributed by atoms with E-state index in [4.69, 9.17) is 11.6 Å². The summed E-state index contributed by atoms with van der Waals surface area (Å²) in [7, 11) is 0. The van der Waals surface area contributed by atoms with Crippen LogP contribution in [0, 0.1) is 6.92 Å². The average Bonchev–Trinajstić information content (AvgIpc) is 2.51. The Morgan fingerprint density at radius 1 is 0.909 bits per heavy atom. The van der Waals surface area contributed by atoms with Crippen LogP contribution in [0.3, 0.4) is 0 Å². The predicted molar refractivity (Wildman–Crippen MR) is 91.4 cm³/mol. The highest BCUT2D eigenvalue weighted by atomic mass is 35.5. The van der Waals surface area contributed by atoms with Gasteiger partial charge in [0, 0.05) is 18.1 Å². The van der Waals surface area contributed by atoms with E-state index < -0.39 is 0 Å². The predicted octanol–water partition coefficient (Wildman–Crippen LogP) is 3.73. The Bertz CT molecular complexity index is 574. The molecule has 22 heavy (non-hydrogen) atoms. The summed E-state index contributed by atoms with van der Waals surface area (Å²) in [5.74, 6) is 0. The Labute approximate surface area is 136 Å². The highest BCUT2D eigenvalue weighted by Crippen LogP contribution is 2.14. The van der Waals surface area contributed by atoms with Crippen LogP contribution >= 0.6 is 11.6 Å². The third-order valence-corrected chi connectivity index (χ3v) is 3.95. The summed E-state index contributed by atoms with van der Waals surface area (Å²) >= 11 is 6.08. The maximum Gasteiger partial charge on any atom is 0.314 e. The highest BCUT2D eigenvalue weighted by Gasteiger charge is 2.03. The van der Waals surface area contributed by atoms with Gasteiger partial charge in [-0.05, 0) is 42.5 Å². The molecular weight excluding hydrogens is 296 g/mol. The van der Waals surface area contributed by atoms with Crippen LogP contribution in [0.1, 0.15) is 16.7 Å². The fraction of sp³-hybridized carbons (Fsp3) is 0.278. The number of nitrogens with one attached hydrogen (secondary N) is 2. The number of amides is 2. The van der Waals surface area contributed by atoms with Gasteiger partial charge in [-0.15, -0.1) is 0 Å². The van der Waals surface area contributed by atoms with Crippen LogP contribution in [0.2, 0.25) is 5.02 Å². The van der Waals surface area contributed by atoms with Crippen LogP contribution in [0.15, 0.2) is 48.5 Å². The van der Waals surface area contributed by atoms with E-state index in [1.54, 1.807) is 0 Å². The summed E-state index contributed by atoms with van der Waals surface area (Å²) in [5, 5.41) is 6.47. The van der Waals surface area contributed by atoms with Crippen molar-refractivity contribution in [2.75, 3.05) is 13.1 Å². The molecule has 0 fully saturated rings. The van der Waals surface area contributed by atoms with Crippen LogP contribution in [0.25, 0.3) is 0 Å². The van der Waals surface area contributed by atoms with E-state index in [0.717, 1.165) is 23.4 Å². The first kappa shape index (κ1) is 16.4. The Morgan fingerprint density at radius 2 is 1.45 bits per heavy atom. The summed E-state index contributed by atoms with van der Waals surface area (Å²) in [5.41, 5.74) is 3.56. The monoisotopic (exact) mass is 316 g/mol.